The number of aryl methyl sites for hydroxylation is 2. The zero-order chi connectivity index (χ0) is 24.7. The van der Waals surface area contributed by atoms with Gasteiger partial charge < -0.3 is 25.4 Å². The van der Waals surface area contributed by atoms with E-state index in [2.05, 4.69) is 15.3 Å². The fourth-order valence-electron chi connectivity index (χ4n) is 4.76. The molecule has 10 heteroatoms. The number of benzene rings is 1. The van der Waals surface area contributed by atoms with Crippen LogP contribution in [0.25, 0.3) is 5.57 Å². The van der Waals surface area contributed by atoms with E-state index in [-0.39, 0.29) is 30.9 Å². The quantitative estimate of drug-likeness (QED) is 0.627. The summed E-state index contributed by atoms with van der Waals surface area (Å²) < 4.78 is 25.6. The molecule has 0 spiro atoms. The number of hydrogen-bond donors (Lipinski definition) is 2. The molecule has 1 unspecified atom stereocenters. The van der Waals surface area contributed by atoms with Crippen LogP contribution in [0, 0.1) is 19.7 Å². The second-order valence-corrected chi connectivity index (χ2v) is 9.85. The highest BCUT2D eigenvalue weighted by atomic mass is 35.5. The summed E-state index contributed by atoms with van der Waals surface area (Å²) >= 11 is 6.20. The summed E-state index contributed by atoms with van der Waals surface area (Å²) in [6, 6.07) is 4.75. The number of nitrogens with two attached hydrogens (primary N) is 1. The van der Waals surface area contributed by atoms with E-state index in [0.29, 0.717) is 51.2 Å². The van der Waals surface area contributed by atoms with Crippen molar-refractivity contribution in [2.45, 2.75) is 51.3 Å². The molecule has 3 N–H and O–H groups in total. The summed E-state index contributed by atoms with van der Waals surface area (Å²) in [6.07, 6.45) is 2.54. The molecule has 2 aromatic rings. The summed E-state index contributed by atoms with van der Waals surface area (Å²) in [7, 11) is 0. The van der Waals surface area contributed by atoms with Crippen LogP contribution < -0.4 is 15.8 Å². The van der Waals surface area contributed by atoms with Crippen LogP contribution in [0.2, 0.25) is 5.02 Å². The van der Waals surface area contributed by atoms with Gasteiger partial charge in [-0.2, -0.15) is 0 Å². The van der Waals surface area contributed by atoms with Gasteiger partial charge in [0.05, 0.1) is 41.7 Å². The van der Waals surface area contributed by atoms with Crippen molar-refractivity contribution in [1.82, 2.24) is 20.2 Å². The normalized spacial score (nSPS) is 24.1. The summed E-state index contributed by atoms with van der Waals surface area (Å²) in [6.45, 7) is 5.62. The van der Waals surface area contributed by atoms with E-state index in [1.807, 2.05) is 0 Å². The molecule has 35 heavy (non-hydrogen) atoms. The van der Waals surface area contributed by atoms with Crippen molar-refractivity contribution in [1.29, 1.82) is 0 Å². The third kappa shape index (κ3) is 4.98. The van der Waals surface area contributed by atoms with E-state index >= 15 is 0 Å². The van der Waals surface area contributed by atoms with Crippen LogP contribution in [0.3, 0.4) is 0 Å². The molecular formula is C25H29ClFN5O3. The standard InChI is InChI=1S/C25H29ClFN5O3/c1-13-23(26)14(2)30-24(29-13)20-10-32(11-21(20)28)25(33)19-4-3-15(27)7-22(19)35-18-8-17(9-18)31-16-5-6-34-12-16/h3-4,7,16-18,31H,5-6,8-12,28H2,1-2H3. The van der Waals surface area contributed by atoms with Crippen molar-refractivity contribution < 1.29 is 18.7 Å². The van der Waals surface area contributed by atoms with Crippen LogP contribution in [0.1, 0.15) is 46.8 Å². The highest BCUT2D eigenvalue weighted by Gasteiger charge is 2.35. The summed E-state index contributed by atoms with van der Waals surface area (Å²) in [5, 5.41) is 4.08. The molecule has 1 saturated heterocycles. The molecule has 1 aromatic carbocycles. The second-order valence-electron chi connectivity index (χ2n) is 9.47. The third-order valence-electron chi connectivity index (χ3n) is 6.80. The highest BCUT2D eigenvalue weighted by molar-refractivity contribution is 6.31. The Balaban J connectivity index is 1.26. The van der Waals surface area contributed by atoms with Crippen LogP contribution in [0.4, 0.5) is 4.39 Å². The average Bonchev–Trinajstić information content (AvgIpc) is 3.45. The molecule has 186 valence electrons. The first-order valence-electron chi connectivity index (χ1n) is 11.9. The number of ether oxygens (including phenoxy) is 2. The minimum absolute atomic E-state index is 0.0751. The molecule has 1 amide bonds. The first-order chi connectivity index (χ1) is 16.8. The van der Waals surface area contributed by atoms with E-state index in [1.165, 1.54) is 18.2 Å². The first-order valence-corrected chi connectivity index (χ1v) is 12.2. The van der Waals surface area contributed by atoms with Gasteiger partial charge >= 0.3 is 0 Å². The number of nitrogens with one attached hydrogen (secondary N) is 1. The monoisotopic (exact) mass is 501 g/mol. The second kappa shape index (κ2) is 9.72. The fourth-order valence-corrected chi connectivity index (χ4v) is 4.85. The van der Waals surface area contributed by atoms with Crippen molar-refractivity contribution in [2.75, 3.05) is 26.3 Å². The van der Waals surface area contributed by atoms with E-state index in [0.717, 1.165) is 32.5 Å². The maximum atomic E-state index is 14.1. The molecule has 1 atom stereocenters. The lowest BCUT2D eigenvalue weighted by Gasteiger charge is -2.37. The molecule has 3 heterocycles. The maximum Gasteiger partial charge on any atom is 0.258 e. The molecular weight excluding hydrogens is 473 g/mol. The Labute approximate surface area is 208 Å². The minimum atomic E-state index is -0.450. The van der Waals surface area contributed by atoms with Gasteiger partial charge in [-0.3, -0.25) is 4.79 Å². The average molecular weight is 502 g/mol. The minimum Gasteiger partial charge on any atom is -0.489 e. The van der Waals surface area contributed by atoms with Crippen LogP contribution in [-0.4, -0.2) is 65.3 Å². The lowest BCUT2D eigenvalue weighted by atomic mass is 9.88. The molecule has 0 bridgehead atoms. The Bertz CT molecular complexity index is 1150. The van der Waals surface area contributed by atoms with Crippen molar-refractivity contribution in [3.05, 3.63) is 57.5 Å². The molecule has 1 aromatic heterocycles. The van der Waals surface area contributed by atoms with Crippen molar-refractivity contribution in [3.63, 3.8) is 0 Å². The van der Waals surface area contributed by atoms with Gasteiger partial charge in [-0.05, 0) is 45.2 Å². The number of halogens is 2. The molecule has 8 nitrogen and oxygen atoms in total. The zero-order valence-corrected chi connectivity index (χ0v) is 20.6. The number of carbonyl (C=O) groups excluding carboxylic acids is 1. The molecule has 5 rings (SSSR count). The largest absolute Gasteiger partial charge is 0.489 e. The highest BCUT2D eigenvalue weighted by Crippen LogP contribution is 2.32. The summed E-state index contributed by atoms with van der Waals surface area (Å²) in [5.74, 6) is -0.0102. The zero-order valence-electron chi connectivity index (χ0n) is 19.8. The number of carbonyl (C=O) groups is 1. The molecule has 2 aliphatic heterocycles. The predicted octanol–water partition coefficient (Wildman–Crippen LogP) is 3.00. The maximum absolute atomic E-state index is 14.1. The summed E-state index contributed by atoms with van der Waals surface area (Å²) in [5.41, 5.74) is 9.11. The molecule has 0 radical (unpaired) electrons. The Morgan fingerprint density at radius 2 is 1.97 bits per heavy atom. The van der Waals surface area contributed by atoms with Gasteiger partial charge in [0, 0.05) is 36.0 Å². The van der Waals surface area contributed by atoms with Crippen molar-refractivity contribution >= 4 is 23.1 Å². The number of nitrogens with zero attached hydrogens (tertiary/aromatic N) is 3. The van der Waals surface area contributed by atoms with E-state index < -0.39 is 5.82 Å². The van der Waals surface area contributed by atoms with Crippen LogP contribution in [0.15, 0.2) is 23.9 Å². The van der Waals surface area contributed by atoms with Gasteiger partial charge in [0.1, 0.15) is 17.7 Å². The lowest BCUT2D eigenvalue weighted by molar-refractivity contribution is 0.0705. The van der Waals surface area contributed by atoms with E-state index in [9.17, 15) is 9.18 Å². The van der Waals surface area contributed by atoms with Gasteiger partial charge in [0.15, 0.2) is 5.82 Å². The van der Waals surface area contributed by atoms with Crippen LogP contribution in [0.5, 0.6) is 5.75 Å². The Hall–Kier alpha value is -2.75. The molecule has 1 saturated carbocycles. The van der Waals surface area contributed by atoms with Gasteiger partial charge in [-0.1, -0.05) is 11.6 Å². The number of hydrogen-bond acceptors (Lipinski definition) is 7. The Morgan fingerprint density at radius 1 is 1.23 bits per heavy atom. The SMILES string of the molecule is Cc1nc(C2=C(N)CN(C(=O)c3ccc(F)cc3OC3CC(NC4CCOC4)C3)C2)nc(C)c1Cl. The summed E-state index contributed by atoms with van der Waals surface area (Å²) in [4.78, 5) is 23.9. The van der Waals surface area contributed by atoms with Crippen LogP contribution in [-0.2, 0) is 4.74 Å². The molecule has 3 aliphatic rings. The fraction of sp³-hybridized carbons (Fsp3) is 0.480. The molecule has 2 fully saturated rings. The van der Waals surface area contributed by atoms with Gasteiger partial charge in [-0.15, -0.1) is 0 Å². The predicted molar refractivity (Wildman–Crippen MR) is 130 cm³/mol. The van der Waals surface area contributed by atoms with Crippen molar-refractivity contribution in [2.24, 2.45) is 5.73 Å². The van der Waals surface area contributed by atoms with Gasteiger partial charge in [0.25, 0.3) is 5.91 Å². The third-order valence-corrected chi connectivity index (χ3v) is 7.35. The first kappa shape index (κ1) is 24.0. The van der Waals surface area contributed by atoms with E-state index in [1.54, 1.807) is 18.7 Å². The number of amides is 1. The number of rotatable bonds is 6. The topological polar surface area (TPSA) is 103 Å². The van der Waals surface area contributed by atoms with Crippen LogP contribution >= 0.6 is 11.6 Å². The van der Waals surface area contributed by atoms with Crippen molar-refractivity contribution in [3.8, 4) is 5.75 Å². The number of aromatic nitrogens is 2. The van der Waals surface area contributed by atoms with E-state index in [4.69, 9.17) is 26.8 Å². The van der Waals surface area contributed by atoms with Gasteiger partial charge in [-0.25, -0.2) is 14.4 Å². The smallest absolute Gasteiger partial charge is 0.258 e. The van der Waals surface area contributed by atoms with Gasteiger partial charge in [0.2, 0.25) is 0 Å². The lowest BCUT2D eigenvalue weighted by Crippen LogP contribution is -2.50. The Morgan fingerprint density at radius 3 is 2.66 bits per heavy atom. The molecule has 1 aliphatic carbocycles. The Kier molecular flexibility index (Phi) is 6.65.